The Labute approximate surface area is 129 Å². The molecule has 21 heavy (non-hydrogen) atoms. The van der Waals surface area contributed by atoms with E-state index in [1.54, 1.807) is 5.56 Å². The Kier molecular flexibility index (Phi) is 4.63. The lowest BCUT2D eigenvalue weighted by atomic mass is 9.76. The van der Waals surface area contributed by atoms with Crippen LogP contribution in [0.2, 0.25) is 0 Å². The number of hydrogen-bond donors (Lipinski definition) is 1. The van der Waals surface area contributed by atoms with Crippen LogP contribution >= 0.6 is 0 Å². The SMILES string of the molecule is CNC(c1ccccc1C1CCC1)C1CN(C)CCN1C. The van der Waals surface area contributed by atoms with Crippen LogP contribution in [0.15, 0.2) is 24.3 Å². The average Bonchev–Trinajstić information content (AvgIpc) is 2.43. The Hall–Kier alpha value is -0.900. The van der Waals surface area contributed by atoms with E-state index in [1.807, 2.05) is 0 Å². The molecule has 2 fully saturated rings. The zero-order chi connectivity index (χ0) is 14.8. The summed E-state index contributed by atoms with van der Waals surface area (Å²) in [4.78, 5) is 4.99. The maximum Gasteiger partial charge on any atom is 0.0490 e. The Morgan fingerprint density at radius 2 is 1.90 bits per heavy atom. The van der Waals surface area contributed by atoms with Gasteiger partial charge in [0.2, 0.25) is 0 Å². The fourth-order valence-electron chi connectivity index (χ4n) is 3.84. The first-order valence-corrected chi connectivity index (χ1v) is 8.35. The molecule has 1 aliphatic heterocycles. The van der Waals surface area contributed by atoms with E-state index in [4.69, 9.17) is 0 Å². The van der Waals surface area contributed by atoms with E-state index < -0.39 is 0 Å². The first-order valence-electron chi connectivity index (χ1n) is 8.35. The fourth-order valence-corrected chi connectivity index (χ4v) is 3.84. The van der Waals surface area contributed by atoms with Crippen molar-refractivity contribution in [1.29, 1.82) is 0 Å². The lowest BCUT2D eigenvalue weighted by Crippen LogP contribution is -2.54. The van der Waals surface area contributed by atoms with Crippen molar-refractivity contribution >= 4 is 0 Å². The quantitative estimate of drug-likeness (QED) is 0.918. The summed E-state index contributed by atoms with van der Waals surface area (Å²) in [6.45, 7) is 3.47. The molecule has 3 nitrogen and oxygen atoms in total. The maximum absolute atomic E-state index is 3.61. The van der Waals surface area contributed by atoms with Crippen LogP contribution in [-0.2, 0) is 0 Å². The van der Waals surface area contributed by atoms with Gasteiger partial charge in [-0.15, -0.1) is 0 Å². The molecule has 3 heteroatoms. The van der Waals surface area contributed by atoms with Crippen molar-refractivity contribution in [3.05, 3.63) is 35.4 Å². The van der Waals surface area contributed by atoms with Crippen LogP contribution in [0.25, 0.3) is 0 Å². The van der Waals surface area contributed by atoms with E-state index in [9.17, 15) is 0 Å². The van der Waals surface area contributed by atoms with Crippen molar-refractivity contribution in [1.82, 2.24) is 15.1 Å². The second-order valence-corrected chi connectivity index (χ2v) is 6.83. The molecule has 0 amide bonds. The minimum absolute atomic E-state index is 0.426. The highest BCUT2D eigenvalue weighted by atomic mass is 15.3. The van der Waals surface area contributed by atoms with E-state index in [-0.39, 0.29) is 0 Å². The molecule has 1 N–H and O–H groups in total. The Morgan fingerprint density at radius 3 is 2.57 bits per heavy atom. The second kappa shape index (κ2) is 6.47. The van der Waals surface area contributed by atoms with E-state index >= 15 is 0 Å². The first kappa shape index (κ1) is 15.0. The molecule has 2 unspecified atom stereocenters. The zero-order valence-corrected chi connectivity index (χ0v) is 13.7. The summed E-state index contributed by atoms with van der Waals surface area (Å²) in [5.74, 6) is 0.795. The zero-order valence-electron chi connectivity index (χ0n) is 13.7. The predicted octanol–water partition coefficient (Wildman–Crippen LogP) is 2.46. The van der Waals surface area contributed by atoms with Crippen molar-refractivity contribution in [3.8, 4) is 0 Å². The van der Waals surface area contributed by atoms with Crippen LogP contribution in [0.3, 0.4) is 0 Å². The maximum atomic E-state index is 3.61. The third-order valence-electron chi connectivity index (χ3n) is 5.47. The van der Waals surface area contributed by atoms with Gasteiger partial charge in [-0.25, -0.2) is 0 Å². The number of rotatable bonds is 4. The van der Waals surface area contributed by atoms with Crippen LogP contribution in [0.1, 0.15) is 42.3 Å². The summed E-state index contributed by atoms with van der Waals surface area (Å²) in [5, 5.41) is 3.61. The van der Waals surface area contributed by atoms with Gasteiger partial charge >= 0.3 is 0 Å². The Morgan fingerprint density at radius 1 is 1.14 bits per heavy atom. The van der Waals surface area contributed by atoms with Gasteiger partial charge in [0.25, 0.3) is 0 Å². The molecule has 1 saturated carbocycles. The van der Waals surface area contributed by atoms with Gasteiger partial charge in [0, 0.05) is 31.7 Å². The average molecular weight is 287 g/mol. The molecule has 1 aromatic rings. The topological polar surface area (TPSA) is 18.5 Å². The minimum atomic E-state index is 0.426. The monoisotopic (exact) mass is 287 g/mol. The number of likely N-dealkylation sites (N-methyl/N-ethyl adjacent to an activating group) is 3. The third-order valence-corrected chi connectivity index (χ3v) is 5.47. The molecule has 2 aliphatic rings. The molecule has 0 spiro atoms. The standard InChI is InChI=1S/C18H29N3/c1-19-18(17-13-20(2)11-12-21(17)3)16-10-5-4-9-15(16)14-7-6-8-14/h4-5,9-10,14,17-19H,6-8,11-13H2,1-3H3. The van der Waals surface area contributed by atoms with Crippen LogP contribution in [0, 0.1) is 0 Å². The number of benzene rings is 1. The van der Waals surface area contributed by atoms with Gasteiger partial charge < -0.3 is 10.2 Å². The van der Waals surface area contributed by atoms with Crippen LogP contribution in [0.4, 0.5) is 0 Å². The Bertz CT molecular complexity index is 469. The molecule has 1 saturated heterocycles. The second-order valence-electron chi connectivity index (χ2n) is 6.83. The normalized spacial score (nSPS) is 26.5. The molecule has 116 valence electrons. The predicted molar refractivity (Wildman–Crippen MR) is 88.7 cm³/mol. The molecule has 1 aromatic carbocycles. The minimum Gasteiger partial charge on any atom is -0.312 e. The summed E-state index contributed by atoms with van der Waals surface area (Å²) >= 11 is 0. The molecule has 2 atom stereocenters. The van der Waals surface area contributed by atoms with Crippen LogP contribution < -0.4 is 5.32 Å². The summed E-state index contributed by atoms with van der Waals surface area (Å²) in [7, 11) is 6.63. The van der Waals surface area contributed by atoms with E-state index in [1.165, 1.54) is 31.4 Å². The number of piperazine rings is 1. The van der Waals surface area contributed by atoms with Crippen molar-refractivity contribution in [3.63, 3.8) is 0 Å². The number of nitrogens with one attached hydrogen (secondary N) is 1. The number of nitrogens with zero attached hydrogens (tertiary/aromatic N) is 2. The van der Waals surface area contributed by atoms with Gasteiger partial charge in [0.05, 0.1) is 0 Å². The highest BCUT2D eigenvalue weighted by molar-refractivity contribution is 5.35. The molecule has 3 rings (SSSR count). The molecule has 0 radical (unpaired) electrons. The molecule has 1 aliphatic carbocycles. The van der Waals surface area contributed by atoms with E-state index in [2.05, 4.69) is 60.5 Å². The molecular formula is C18H29N3. The molecule has 0 bridgehead atoms. The van der Waals surface area contributed by atoms with Gasteiger partial charge in [-0.2, -0.15) is 0 Å². The summed E-state index contributed by atoms with van der Waals surface area (Å²) in [6, 6.07) is 10.1. The summed E-state index contributed by atoms with van der Waals surface area (Å²) in [6.07, 6.45) is 4.14. The van der Waals surface area contributed by atoms with E-state index in [0.29, 0.717) is 12.1 Å². The van der Waals surface area contributed by atoms with Crippen molar-refractivity contribution in [2.45, 2.75) is 37.3 Å². The van der Waals surface area contributed by atoms with Gasteiger partial charge in [-0.3, -0.25) is 4.90 Å². The fraction of sp³-hybridized carbons (Fsp3) is 0.667. The van der Waals surface area contributed by atoms with Crippen molar-refractivity contribution in [2.24, 2.45) is 0 Å². The van der Waals surface area contributed by atoms with Crippen molar-refractivity contribution < 1.29 is 0 Å². The van der Waals surface area contributed by atoms with Crippen LogP contribution in [-0.4, -0.2) is 56.6 Å². The Balaban J connectivity index is 1.88. The highest BCUT2D eigenvalue weighted by Crippen LogP contribution is 2.40. The van der Waals surface area contributed by atoms with Gasteiger partial charge in [-0.05, 0) is 51.0 Å². The summed E-state index contributed by atoms with van der Waals surface area (Å²) in [5.41, 5.74) is 3.11. The van der Waals surface area contributed by atoms with Gasteiger partial charge in [0.1, 0.15) is 0 Å². The largest absolute Gasteiger partial charge is 0.312 e. The third kappa shape index (κ3) is 3.01. The van der Waals surface area contributed by atoms with Crippen LogP contribution in [0.5, 0.6) is 0 Å². The van der Waals surface area contributed by atoms with E-state index in [0.717, 1.165) is 19.0 Å². The lowest BCUT2D eigenvalue weighted by molar-refractivity contribution is 0.0892. The van der Waals surface area contributed by atoms with Gasteiger partial charge in [-0.1, -0.05) is 30.7 Å². The molecule has 0 aromatic heterocycles. The molecule has 1 heterocycles. The number of hydrogen-bond acceptors (Lipinski definition) is 3. The van der Waals surface area contributed by atoms with Crippen molar-refractivity contribution in [2.75, 3.05) is 40.8 Å². The highest BCUT2D eigenvalue weighted by Gasteiger charge is 2.32. The molecular weight excluding hydrogens is 258 g/mol. The lowest BCUT2D eigenvalue weighted by Gasteiger charge is -2.43. The smallest absolute Gasteiger partial charge is 0.0490 e. The summed E-state index contributed by atoms with van der Waals surface area (Å²) < 4.78 is 0. The van der Waals surface area contributed by atoms with Gasteiger partial charge in [0.15, 0.2) is 0 Å². The first-order chi connectivity index (χ1) is 10.2.